The van der Waals surface area contributed by atoms with Gasteiger partial charge in [-0.15, -0.1) is 0 Å². The summed E-state index contributed by atoms with van der Waals surface area (Å²) in [5, 5.41) is 2.74. The van der Waals surface area contributed by atoms with E-state index < -0.39 is 11.8 Å². The second kappa shape index (κ2) is 9.11. The Balaban J connectivity index is 1.99. The summed E-state index contributed by atoms with van der Waals surface area (Å²) < 4.78 is 15.8. The number of nitrogens with one attached hydrogen (secondary N) is 1. The number of carbonyl (C=O) groups excluding carboxylic acids is 3. The van der Waals surface area contributed by atoms with Crippen LogP contribution in [-0.4, -0.2) is 75.0 Å². The van der Waals surface area contributed by atoms with E-state index in [1.165, 1.54) is 31.1 Å². The molecule has 3 amide bonds. The fourth-order valence-corrected chi connectivity index (χ4v) is 2.82. The van der Waals surface area contributed by atoms with Gasteiger partial charge in [-0.05, 0) is 13.0 Å². The molecule has 1 aromatic carbocycles. The number of rotatable bonds is 8. The summed E-state index contributed by atoms with van der Waals surface area (Å²) in [7, 11) is 4.56. The molecule has 1 aliphatic rings. The second-order valence-corrected chi connectivity index (χ2v) is 5.91. The molecule has 0 radical (unpaired) electrons. The Labute approximate surface area is 158 Å². The van der Waals surface area contributed by atoms with Crippen LogP contribution in [0.15, 0.2) is 12.1 Å². The minimum absolute atomic E-state index is 0.169. The van der Waals surface area contributed by atoms with Crippen LogP contribution in [0.3, 0.4) is 0 Å². The highest BCUT2D eigenvalue weighted by molar-refractivity contribution is 6.35. The number of piperazine rings is 1. The number of hydrogen-bond acceptors (Lipinski definition) is 6. The lowest BCUT2D eigenvalue weighted by molar-refractivity contribution is -0.156. The molecule has 1 heterocycles. The van der Waals surface area contributed by atoms with Crippen LogP contribution in [0.2, 0.25) is 0 Å². The summed E-state index contributed by atoms with van der Waals surface area (Å²) in [4.78, 5) is 38.9. The summed E-state index contributed by atoms with van der Waals surface area (Å²) in [6.07, 6.45) is 0. The number of carbonyl (C=O) groups is 3. The predicted octanol–water partition coefficient (Wildman–Crippen LogP) is 0.0193. The van der Waals surface area contributed by atoms with Crippen molar-refractivity contribution in [2.24, 2.45) is 0 Å². The Morgan fingerprint density at radius 1 is 0.963 bits per heavy atom. The first-order valence-electron chi connectivity index (χ1n) is 8.58. The Hall–Kier alpha value is -2.97. The van der Waals surface area contributed by atoms with E-state index in [1.807, 2.05) is 6.92 Å². The molecule has 1 fully saturated rings. The maximum atomic E-state index is 12.2. The largest absolute Gasteiger partial charge is 0.496 e. The maximum absolute atomic E-state index is 12.2. The minimum Gasteiger partial charge on any atom is -0.496 e. The lowest BCUT2D eigenvalue weighted by atomic mass is 10.1. The molecule has 0 bridgehead atoms. The van der Waals surface area contributed by atoms with Gasteiger partial charge in [0.1, 0.15) is 12.3 Å². The van der Waals surface area contributed by atoms with Gasteiger partial charge in [0.25, 0.3) is 0 Å². The van der Waals surface area contributed by atoms with Crippen molar-refractivity contribution in [3.63, 3.8) is 0 Å². The van der Waals surface area contributed by atoms with Crippen LogP contribution in [-0.2, 0) is 20.9 Å². The van der Waals surface area contributed by atoms with Crippen LogP contribution in [0.25, 0.3) is 0 Å². The van der Waals surface area contributed by atoms with Crippen molar-refractivity contribution in [2.75, 3.05) is 47.5 Å². The molecule has 2 rings (SSSR count). The molecular weight excluding hydrogens is 354 g/mol. The molecule has 1 aliphatic heterocycles. The van der Waals surface area contributed by atoms with Crippen LogP contribution >= 0.6 is 0 Å². The number of benzene rings is 1. The molecule has 148 valence electrons. The van der Waals surface area contributed by atoms with Gasteiger partial charge in [0, 0.05) is 37.8 Å². The van der Waals surface area contributed by atoms with Crippen molar-refractivity contribution < 1.29 is 28.6 Å². The quantitative estimate of drug-likeness (QED) is 0.640. The van der Waals surface area contributed by atoms with Gasteiger partial charge in [-0.3, -0.25) is 14.4 Å². The van der Waals surface area contributed by atoms with E-state index in [2.05, 4.69) is 5.32 Å². The van der Waals surface area contributed by atoms with Gasteiger partial charge >= 0.3 is 11.8 Å². The molecular formula is C18H25N3O6. The zero-order valence-electron chi connectivity index (χ0n) is 16.0. The topological polar surface area (TPSA) is 97.4 Å². The van der Waals surface area contributed by atoms with Gasteiger partial charge in [0.15, 0.2) is 11.5 Å². The van der Waals surface area contributed by atoms with Crippen LogP contribution in [0.5, 0.6) is 17.2 Å². The third-order valence-electron chi connectivity index (χ3n) is 4.38. The molecule has 1 N–H and O–H groups in total. The zero-order valence-corrected chi connectivity index (χ0v) is 16.0. The van der Waals surface area contributed by atoms with E-state index in [-0.39, 0.29) is 19.0 Å². The van der Waals surface area contributed by atoms with Gasteiger partial charge in [-0.2, -0.15) is 0 Å². The Bertz CT molecular complexity index is 721. The number of nitrogens with zero attached hydrogens (tertiary/aromatic N) is 2. The lowest BCUT2D eigenvalue weighted by Gasteiger charge is -2.32. The summed E-state index contributed by atoms with van der Waals surface area (Å²) in [5.41, 5.74) is 0.696. The summed E-state index contributed by atoms with van der Waals surface area (Å²) in [6, 6.07) is 3.39. The van der Waals surface area contributed by atoms with Crippen molar-refractivity contribution in [1.29, 1.82) is 0 Å². The highest BCUT2D eigenvalue weighted by atomic mass is 16.5. The summed E-state index contributed by atoms with van der Waals surface area (Å²) in [5.74, 6) is -0.0184. The molecule has 9 heteroatoms. The van der Waals surface area contributed by atoms with E-state index in [9.17, 15) is 14.4 Å². The third kappa shape index (κ3) is 4.60. The number of likely N-dealkylation sites (N-methyl/N-ethyl adjacent to an activating group) is 1. The Morgan fingerprint density at radius 3 is 2.11 bits per heavy atom. The van der Waals surface area contributed by atoms with Gasteiger partial charge in [-0.25, -0.2) is 0 Å². The first-order chi connectivity index (χ1) is 12.9. The predicted molar refractivity (Wildman–Crippen MR) is 96.8 cm³/mol. The molecule has 1 saturated heterocycles. The average molecular weight is 379 g/mol. The zero-order chi connectivity index (χ0) is 20.0. The van der Waals surface area contributed by atoms with Gasteiger partial charge in [0.05, 0.1) is 21.3 Å². The highest BCUT2D eigenvalue weighted by Crippen LogP contribution is 2.34. The van der Waals surface area contributed by atoms with E-state index in [0.717, 1.165) is 0 Å². The Kier molecular flexibility index (Phi) is 6.86. The van der Waals surface area contributed by atoms with E-state index >= 15 is 0 Å². The lowest BCUT2D eigenvalue weighted by Crippen LogP contribution is -2.56. The normalized spacial score (nSPS) is 14.2. The van der Waals surface area contributed by atoms with Crippen molar-refractivity contribution in [3.05, 3.63) is 17.7 Å². The highest BCUT2D eigenvalue weighted by Gasteiger charge is 2.32. The standard InChI is InChI=1S/C18H25N3O6/c1-5-20-6-7-21(18(24)17(20)23)11-16(22)19-10-12-8-14(26-3)15(27-4)9-13(12)25-2/h8-9H,5-7,10-11H2,1-4H3,(H,19,22). The van der Waals surface area contributed by atoms with E-state index in [0.29, 0.717) is 42.4 Å². The minimum atomic E-state index is -0.651. The van der Waals surface area contributed by atoms with Crippen molar-refractivity contribution >= 4 is 17.7 Å². The number of ether oxygens (including phenoxy) is 3. The molecule has 27 heavy (non-hydrogen) atoms. The number of methoxy groups -OCH3 is 3. The molecule has 0 spiro atoms. The van der Waals surface area contributed by atoms with Crippen LogP contribution in [0.1, 0.15) is 12.5 Å². The van der Waals surface area contributed by atoms with Crippen LogP contribution in [0.4, 0.5) is 0 Å². The molecule has 1 aromatic rings. The molecule has 9 nitrogen and oxygen atoms in total. The van der Waals surface area contributed by atoms with Crippen molar-refractivity contribution in [1.82, 2.24) is 15.1 Å². The second-order valence-electron chi connectivity index (χ2n) is 5.91. The van der Waals surface area contributed by atoms with Gasteiger partial charge in [-0.1, -0.05) is 0 Å². The summed E-state index contributed by atoms with van der Waals surface area (Å²) in [6.45, 7) is 3.06. The van der Waals surface area contributed by atoms with Crippen molar-refractivity contribution in [2.45, 2.75) is 13.5 Å². The summed E-state index contributed by atoms with van der Waals surface area (Å²) >= 11 is 0. The van der Waals surface area contributed by atoms with Crippen LogP contribution in [0, 0.1) is 0 Å². The molecule has 0 unspecified atom stereocenters. The molecule has 0 saturated carbocycles. The smallest absolute Gasteiger partial charge is 0.312 e. The van der Waals surface area contributed by atoms with Gasteiger partial charge in [0.2, 0.25) is 5.91 Å². The van der Waals surface area contributed by atoms with Crippen LogP contribution < -0.4 is 19.5 Å². The Morgan fingerprint density at radius 2 is 1.52 bits per heavy atom. The van der Waals surface area contributed by atoms with E-state index in [4.69, 9.17) is 14.2 Å². The van der Waals surface area contributed by atoms with Gasteiger partial charge < -0.3 is 29.3 Å². The van der Waals surface area contributed by atoms with E-state index in [1.54, 1.807) is 12.1 Å². The monoisotopic (exact) mass is 379 g/mol. The first kappa shape index (κ1) is 20.3. The average Bonchev–Trinajstić information content (AvgIpc) is 2.69. The molecule has 0 aromatic heterocycles. The van der Waals surface area contributed by atoms with Crippen molar-refractivity contribution in [3.8, 4) is 17.2 Å². The molecule has 0 atom stereocenters. The SMILES string of the molecule is CCN1CCN(CC(=O)NCc2cc(OC)c(OC)cc2OC)C(=O)C1=O. The third-order valence-corrected chi connectivity index (χ3v) is 4.38. The fourth-order valence-electron chi connectivity index (χ4n) is 2.82. The fraction of sp³-hybridized carbons (Fsp3) is 0.500. The maximum Gasteiger partial charge on any atom is 0.312 e. The number of amides is 3. The first-order valence-corrected chi connectivity index (χ1v) is 8.58. The molecule has 0 aliphatic carbocycles. The number of hydrogen-bond donors (Lipinski definition) is 1.